The standard InChI is InChI=1S/C25H25ClN6O2/c1-25(2)33-20-15(6-4-13-3-5-14-10-17(26)22(27)30-18(14)9-13)11-19(21(20)34-25)32-8-7-16-12-29-24(28)31-23(16)32/h3,5,7-12,19-21H,4,6H2,1-2H3,(H2,27,30)(H2,28,29,31)/t19-,20-,21+/m1/s1. The maximum absolute atomic E-state index is 6.35. The highest BCUT2D eigenvalue weighted by atomic mass is 35.5. The van der Waals surface area contributed by atoms with Crippen LogP contribution in [-0.2, 0) is 15.9 Å². The number of pyridine rings is 1. The number of aromatic nitrogens is 4. The number of nitrogens with two attached hydrogens (primary N) is 2. The van der Waals surface area contributed by atoms with Crippen molar-refractivity contribution in [3.63, 3.8) is 0 Å². The molecule has 4 heterocycles. The minimum absolute atomic E-state index is 0.0474. The average molecular weight is 477 g/mol. The summed E-state index contributed by atoms with van der Waals surface area (Å²) in [7, 11) is 0. The lowest BCUT2D eigenvalue weighted by atomic mass is 10.0. The van der Waals surface area contributed by atoms with Crippen LogP contribution in [0.1, 0.15) is 31.9 Å². The van der Waals surface area contributed by atoms with E-state index in [4.69, 9.17) is 32.5 Å². The molecule has 0 saturated carbocycles. The molecule has 6 rings (SSSR count). The SMILES string of the molecule is CC1(C)O[C@@H]2[C@H](O1)C(CCc1ccc3cc(Cl)c(N)nc3c1)=C[C@H]2n1ccc2cnc(N)nc21. The Labute approximate surface area is 201 Å². The van der Waals surface area contributed by atoms with Gasteiger partial charge in [0, 0.05) is 23.2 Å². The lowest BCUT2D eigenvalue weighted by Crippen LogP contribution is -2.28. The summed E-state index contributed by atoms with van der Waals surface area (Å²) in [5.74, 6) is -0.0622. The molecule has 4 N–H and O–H groups in total. The van der Waals surface area contributed by atoms with Crippen molar-refractivity contribution in [2.75, 3.05) is 11.5 Å². The van der Waals surface area contributed by atoms with Crippen molar-refractivity contribution >= 4 is 45.3 Å². The van der Waals surface area contributed by atoms with E-state index < -0.39 is 5.79 Å². The predicted octanol–water partition coefficient (Wildman–Crippen LogP) is 4.43. The molecule has 0 unspecified atom stereocenters. The summed E-state index contributed by atoms with van der Waals surface area (Å²) in [5.41, 5.74) is 15.8. The van der Waals surface area contributed by atoms with E-state index in [-0.39, 0.29) is 24.2 Å². The Morgan fingerprint density at radius 2 is 1.91 bits per heavy atom. The summed E-state index contributed by atoms with van der Waals surface area (Å²) in [6.07, 6.45) is 7.42. The minimum atomic E-state index is -0.659. The molecule has 8 nitrogen and oxygen atoms in total. The molecule has 2 aliphatic rings. The first-order valence-electron chi connectivity index (χ1n) is 11.3. The molecule has 0 radical (unpaired) electrons. The molecule has 1 aromatic carbocycles. The molecule has 1 saturated heterocycles. The van der Waals surface area contributed by atoms with Gasteiger partial charge in [0.2, 0.25) is 5.95 Å². The number of fused-ring (bicyclic) bond motifs is 3. The molecule has 4 aromatic rings. The molecule has 0 spiro atoms. The summed E-state index contributed by atoms with van der Waals surface area (Å²) < 4.78 is 14.8. The van der Waals surface area contributed by atoms with Crippen molar-refractivity contribution in [3.8, 4) is 0 Å². The Bertz CT molecular complexity index is 1460. The average Bonchev–Trinajstić information content (AvgIpc) is 3.43. The summed E-state index contributed by atoms with van der Waals surface area (Å²) >= 11 is 6.11. The molecular weight excluding hydrogens is 452 g/mol. The third kappa shape index (κ3) is 3.58. The van der Waals surface area contributed by atoms with Crippen LogP contribution in [0.5, 0.6) is 0 Å². The van der Waals surface area contributed by atoms with Gasteiger partial charge in [-0.05, 0) is 56.0 Å². The minimum Gasteiger partial charge on any atom is -0.382 e. The Morgan fingerprint density at radius 1 is 1.06 bits per heavy atom. The first kappa shape index (κ1) is 21.3. The lowest BCUT2D eigenvalue weighted by Gasteiger charge is -2.22. The number of hydrogen-bond donors (Lipinski definition) is 2. The second kappa shape index (κ2) is 7.66. The predicted molar refractivity (Wildman–Crippen MR) is 132 cm³/mol. The van der Waals surface area contributed by atoms with Crippen LogP contribution in [0.2, 0.25) is 5.02 Å². The number of nitrogens with zero attached hydrogens (tertiary/aromatic N) is 4. The van der Waals surface area contributed by atoms with Gasteiger partial charge in [-0.2, -0.15) is 4.98 Å². The summed E-state index contributed by atoms with van der Waals surface area (Å²) in [5, 5.41) is 2.38. The quantitative estimate of drug-likeness (QED) is 0.418. The fourth-order valence-electron chi connectivity index (χ4n) is 5.04. The van der Waals surface area contributed by atoms with Gasteiger partial charge in [0.1, 0.15) is 23.7 Å². The highest BCUT2D eigenvalue weighted by molar-refractivity contribution is 6.33. The molecule has 174 valence electrons. The van der Waals surface area contributed by atoms with E-state index >= 15 is 0 Å². The number of benzene rings is 1. The zero-order chi connectivity index (χ0) is 23.6. The summed E-state index contributed by atoms with van der Waals surface area (Å²) in [6.45, 7) is 3.91. The molecule has 0 bridgehead atoms. The van der Waals surface area contributed by atoms with Crippen LogP contribution >= 0.6 is 11.6 Å². The van der Waals surface area contributed by atoms with Gasteiger partial charge in [0.25, 0.3) is 0 Å². The fourth-order valence-corrected chi connectivity index (χ4v) is 5.20. The van der Waals surface area contributed by atoms with Crippen molar-refractivity contribution in [1.29, 1.82) is 0 Å². The first-order valence-corrected chi connectivity index (χ1v) is 11.7. The van der Waals surface area contributed by atoms with Crippen LogP contribution in [0.3, 0.4) is 0 Å². The Balaban J connectivity index is 1.31. The molecule has 3 aromatic heterocycles. The van der Waals surface area contributed by atoms with Gasteiger partial charge in [-0.1, -0.05) is 29.8 Å². The third-order valence-corrected chi connectivity index (χ3v) is 6.88. The van der Waals surface area contributed by atoms with Crippen LogP contribution < -0.4 is 11.5 Å². The van der Waals surface area contributed by atoms with Crippen LogP contribution in [0.25, 0.3) is 21.9 Å². The second-order valence-corrected chi connectivity index (χ2v) is 9.77. The molecule has 34 heavy (non-hydrogen) atoms. The number of anilines is 2. The number of halogens is 1. The van der Waals surface area contributed by atoms with Crippen LogP contribution in [0.4, 0.5) is 11.8 Å². The monoisotopic (exact) mass is 476 g/mol. The Morgan fingerprint density at radius 3 is 2.76 bits per heavy atom. The lowest BCUT2D eigenvalue weighted by molar-refractivity contribution is -0.147. The topological polar surface area (TPSA) is 114 Å². The van der Waals surface area contributed by atoms with Gasteiger partial charge < -0.3 is 25.5 Å². The van der Waals surface area contributed by atoms with E-state index in [0.29, 0.717) is 10.8 Å². The molecular formula is C25H25ClN6O2. The normalized spacial score (nSPS) is 23.5. The maximum Gasteiger partial charge on any atom is 0.221 e. The van der Waals surface area contributed by atoms with Crippen LogP contribution in [0, 0.1) is 0 Å². The van der Waals surface area contributed by atoms with E-state index in [1.807, 2.05) is 38.2 Å². The number of nitrogen functional groups attached to an aromatic ring is 2. The van der Waals surface area contributed by atoms with Crippen molar-refractivity contribution in [2.45, 2.75) is 50.7 Å². The largest absolute Gasteiger partial charge is 0.382 e. The van der Waals surface area contributed by atoms with Gasteiger partial charge in [0.15, 0.2) is 5.79 Å². The van der Waals surface area contributed by atoms with E-state index in [1.165, 1.54) is 11.1 Å². The van der Waals surface area contributed by atoms with Gasteiger partial charge in [0.05, 0.1) is 16.6 Å². The van der Waals surface area contributed by atoms with Crippen LogP contribution in [-0.4, -0.2) is 37.5 Å². The van der Waals surface area contributed by atoms with Gasteiger partial charge >= 0.3 is 0 Å². The number of ether oxygens (including phenoxy) is 2. The summed E-state index contributed by atoms with van der Waals surface area (Å²) in [6, 6.07) is 10.0. The second-order valence-electron chi connectivity index (χ2n) is 9.37. The van der Waals surface area contributed by atoms with Gasteiger partial charge in [-0.3, -0.25) is 0 Å². The number of hydrogen-bond acceptors (Lipinski definition) is 7. The Kier molecular flexibility index (Phi) is 4.81. The molecule has 1 aliphatic carbocycles. The van der Waals surface area contributed by atoms with Crippen molar-refractivity contribution in [2.24, 2.45) is 0 Å². The zero-order valence-electron chi connectivity index (χ0n) is 18.9. The number of aryl methyl sites for hydroxylation is 1. The highest BCUT2D eigenvalue weighted by Crippen LogP contribution is 2.45. The Hall–Kier alpha value is -3.20. The van der Waals surface area contributed by atoms with Crippen molar-refractivity contribution in [3.05, 3.63) is 65.0 Å². The van der Waals surface area contributed by atoms with E-state index in [1.54, 1.807) is 6.20 Å². The van der Waals surface area contributed by atoms with Crippen molar-refractivity contribution in [1.82, 2.24) is 19.5 Å². The van der Waals surface area contributed by atoms with Gasteiger partial charge in [-0.25, -0.2) is 9.97 Å². The van der Waals surface area contributed by atoms with Crippen LogP contribution in [0.15, 0.2) is 54.4 Å². The van der Waals surface area contributed by atoms with E-state index in [2.05, 4.69) is 37.7 Å². The molecule has 1 fully saturated rings. The van der Waals surface area contributed by atoms with Gasteiger partial charge in [-0.15, -0.1) is 0 Å². The van der Waals surface area contributed by atoms with E-state index in [0.717, 1.165) is 34.8 Å². The number of rotatable bonds is 4. The first-order chi connectivity index (χ1) is 16.3. The molecule has 9 heteroatoms. The molecule has 0 amide bonds. The zero-order valence-corrected chi connectivity index (χ0v) is 19.7. The maximum atomic E-state index is 6.35. The third-order valence-electron chi connectivity index (χ3n) is 6.58. The smallest absolute Gasteiger partial charge is 0.221 e. The van der Waals surface area contributed by atoms with Crippen molar-refractivity contribution < 1.29 is 9.47 Å². The molecule has 1 aliphatic heterocycles. The summed E-state index contributed by atoms with van der Waals surface area (Å²) in [4.78, 5) is 13.0. The fraction of sp³-hybridized carbons (Fsp3) is 0.320. The molecule has 3 atom stereocenters. The van der Waals surface area contributed by atoms with E-state index in [9.17, 15) is 0 Å². The highest BCUT2D eigenvalue weighted by Gasteiger charge is 2.50.